The van der Waals surface area contributed by atoms with Crippen molar-refractivity contribution in [1.29, 1.82) is 0 Å². The molecule has 0 aliphatic carbocycles. The van der Waals surface area contributed by atoms with Crippen LogP contribution in [0.15, 0.2) is 64.0 Å². The van der Waals surface area contributed by atoms with Gasteiger partial charge < -0.3 is 9.42 Å². The molecule has 5 nitrogen and oxygen atoms in total. The minimum absolute atomic E-state index is 0.00135. The van der Waals surface area contributed by atoms with E-state index >= 15 is 0 Å². The van der Waals surface area contributed by atoms with E-state index in [0.29, 0.717) is 24.8 Å². The van der Waals surface area contributed by atoms with Gasteiger partial charge in [0.2, 0.25) is 5.89 Å². The summed E-state index contributed by atoms with van der Waals surface area (Å²) >= 11 is 1.70. The summed E-state index contributed by atoms with van der Waals surface area (Å²) in [6, 6.07) is 18.1. The molecular formula is C22H23N3O2S. The van der Waals surface area contributed by atoms with Crippen molar-refractivity contribution in [3.63, 3.8) is 0 Å². The van der Waals surface area contributed by atoms with E-state index in [4.69, 9.17) is 4.52 Å². The highest BCUT2D eigenvalue weighted by Gasteiger charge is 2.40. The van der Waals surface area contributed by atoms with Crippen LogP contribution in [-0.2, 0) is 0 Å². The van der Waals surface area contributed by atoms with Crippen molar-refractivity contribution in [3.8, 4) is 0 Å². The number of carbonyl (C=O) groups is 1. The minimum Gasteiger partial charge on any atom is -0.339 e. The van der Waals surface area contributed by atoms with Crippen molar-refractivity contribution in [1.82, 2.24) is 15.0 Å². The molecule has 1 aliphatic rings. The standard InChI is InChI=1S/C22H23N3O2S/c1-3-28-20-12-8-7-11-17(20)22(26)25-13-18(16-9-5-4-6-10-16)19(14-25)21-23-15(2)24-27-21/h4-12,18-19H,3,13-14H2,1-2H3/t18-,19-/m0/s1. The first kappa shape index (κ1) is 18.7. The maximum Gasteiger partial charge on any atom is 0.255 e. The van der Waals surface area contributed by atoms with Gasteiger partial charge in [0, 0.05) is 23.9 Å². The molecule has 6 heteroatoms. The van der Waals surface area contributed by atoms with E-state index in [1.807, 2.05) is 54.3 Å². The lowest BCUT2D eigenvalue weighted by molar-refractivity contribution is 0.0784. The second kappa shape index (κ2) is 8.19. The SMILES string of the molecule is CCSc1ccccc1C(=O)N1C[C@H](c2nc(C)no2)[C@H](c2ccccc2)C1. The van der Waals surface area contributed by atoms with E-state index in [-0.39, 0.29) is 17.7 Å². The number of hydrogen-bond donors (Lipinski definition) is 0. The van der Waals surface area contributed by atoms with Gasteiger partial charge in [0.1, 0.15) is 0 Å². The van der Waals surface area contributed by atoms with Gasteiger partial charge in [0.15, 0.2) is 5.82 Å². The zero-order valence-electron chi connectivity index (χ0n) is 16.0. The first-order chi connectivity index (χ1) is 13.7. The zero-order chi connectivity index (χ0) is 19.5. The van der Waals surface area contributed by atoms with Crippen molar-refractivity contribution in [3.05, 3.63) is 77.4 Å². The Morgan fingerprint density at radius 1 is 1.11 bits per heavy atom. The fourth-order valence-electron chi connectivity index (χ4n) is 3.82. The molecule has 28 heavy (non-hydrogen) atoms. The van der Waals surface area contributed by atoms with Gasteiger partial charge in [0.25, 0.3) is 5.91 Å². The molecule has 1 saturated heterocycles. The highest BCUT2D eigenvalue weighted by Crippen LogP contribution is 2.40. The van der Waals surface area contributed by atoms with Crippen LogP contribution in [0.3, 0.4) is 0 Å². The zero-order valence-corrected chi connectivity index (χ0v) is 16.9. The number of thioether (sulfide) groups is 1. The quantitative estimate of drug-likeness (QED) is 0.597. The Labute approximate surface area is 169 Å². The molecule has 144 valence electrons. The largest absolute Gasteiger partial charge is 0.339 e. The van der Waals surface area contributed by atoms with Gasteiger partial charge in [-0.05, 0) is 30.4 Å². The number of likely N-dealkylation sites (tertiary alicyclic amines) is 1. The first-order valence-corrected chi connectivity index (χ1v) is 10.5. The Morgan fingerprint density at radius 3 is 2.54 bits per heavy atom. The average Bonchev–Trinajstić information content (AvgIpc) is 3.35. The molecule has 0 N–H and O–H groups in total. The molecule has 2 atom stereocenters. The Bertz CT molecular complexity index is 957. The predicted octanol–water partition coefficient (Wildman–Crippen LogP) is 4.51. The van der Waals surface area contributed by atoms with Gasteiger partial charge >= 0.3 is 0 Å². The van der Waals surface area contributed by atoms with Crippen LogP contribution in [-0.4, -0.2) is 39.8 Å². The molecule has 1 aliphatic heterocycles. The minimum atomic E-state index is -0.00135. The molecule has 1 fully saturated rings. The van der Waals surface area contributed by atoms with Crippen LogP contribution in [0.5, 0.6) is 0 Å². The Morgan fingerprint density at radius 2 is 1.82 bits per heavy atom. The van der Waals surface area contributed by atoms with E-state index in [2.05, 4.69) is 29.2 Å². The Balaban J connectivity index is 1.65. The number of aromatic nitrogens is 2. The monoisotopic (exact) mass is 393 g/mol. The van der Waals surface area contributed by atoms with E-state index < -0.39 is 0 Å². The first-order valence-electron chi connectivity index (χ1n) is 9.53. The van der Waals surface area contributed by atoms with Crippen molar-refractivity contribution in [2.45, 2.75) is 30.6 Å². The molecule has 4 rings (SSSR count). The fourth-order valence-corrected chi connectivity index (χ4v) is 4.61. The van der Waals surface area contributed by atoms with Crippen molar-refractivity contribution in [2.75, 3.05) is 18.8 Å². The normalized spacial score (nSPS) is 19.1. The van der Waals surface area contributed by atoms with Crippen LogP contribution in [0, 0.1) is 6.92 Å². The second-order valence-electron chi connectivity index (χ2n) is 6.94. The van der Waals surface area contributed by atoms with Gasteiger partial charge in [-0.25, -0.2) is 0 Å². The number of aryl methyl sites for hydroxylation is 1. The molecule has 3 aromatic rings. The van der Waals surface area contributed by atoms with Gasteiger partial charge in [-0.2, -0.15) is 4.98 Å². The molecule has 0 unspecified atom stereocenters. The molecule has 2 aromatic carbocycles. The third-order valence-electron chi connectivity index (χ3n) is 5.11. The molecule has 1 aromatic heterocycles. The number of carbonyl (C=O) groups excluding carboxylic acids is 1. The molecular weight excluding hydrogens is 370 g/mol. The van der Waals surface area contributed by atoms with Crippen molar-refractivity contribution in [2.24, 2.45) is 0 Å². The van der Waals surface area contributed by atoms with Crippen LogP contribution >= 0.6 is 11.8 Å². The van der Waals surface area contributed by atoms with E-state index in [0.717, 1.165) is 16.2 Å². The average molecular weight is 394 g/mol. The van der Waals surface area contributed by atoms with Crippen LogP contribution in [0.1, 0.15) is 46.4 Å². The van der Waals surface area contributed by atoms with Crippen LogP contribution in [0.2, 0.25) is 0 Å². The molecule has 2 heterocycles. The summed E-state index contributed by atoms with van der Waals surface area (Å²) in [6.45, 7) is 5.13. The van der Waals surface area contributed by atoms with Crippen LogP contribution in [0.4, 0.5) is 0 Å². The van der Waals surface area contributed by atoms with Crippen LogP contribution in [0.25, 0.3) is 0 Å². The summed E-state index contributed by atoms with van der Waals surface area (Å²) in [7, 11) is 0. The molecule has 0 saturated carbocycles. The molecule has 0 radical (unpaired) electrons. The molecule has 0 spiro atoms. The third kappa shape index (κ3) is 3.69. The number of nitrogens with zero attached hydrogens (tertiary/aromatic N) is 3. The molecule has 1 amide bonds. The lowest BCUT2D eigenvalue weighted by Gasteiger charge is -2.18. The fraction of sp³-hybridized carbons (Fsp3) is 0.318. The van der Waals surface area contributed by atoms with Crippen molar-refractivity contribution < 1.29 is 9.32 Å². The topological polar surface area (TPSA) is 59.2 Å². The number of hydrogen-bond acceptors (Lipinski definition) is 5. The van der Waals surface area contributed by atoms with Crippen LogP contribution < -0.4 is 0 Å². The summed E-state index contributed by atoms with van der Waals surface area (Å²) in [5.74, 6) is 2.36. The maximum atomic E-state index is 13.3. The summed E-state index contributed by atoms with van der Waals surface area (Å²) in [5, 5.41) is 3.96. The van der Waals surface area contributed by atoms with Gasteiger partial charge in [-0.1, -0.05) is 54.5 Å². The molecule has 0 bridgehead atoms. The smallest absolute Gasteiger partial charge is 0.255 e. The van der Waals surface area contributed by atoms with E-state index in [1.54, 1.807) is 11.8 Å². The lowest BCUT2D eigenvalue weighted by Crippen LogP contribution is -2.29. The highest BCUT2D eigenvalue weighted by molar-refractivity contribution is 7.99. The van der Waals surface area contributed by atoms with Gasteiger partial charge in [-0.15, -0.1) is 11.8 Å². The number of amides is 1. The van der Waals surface area contributed by atoms with E-state index in [1.165, 1.54) is 5.56 Å². The van der Waals surface area contributed by atoms with Gasteiger partial charge in [0.05, 0.1) is 11.5 Å². The second-order valence-corrected chi connectivity index (χ2v) is 8.25. The predicted molar refractivity (Wildman–Crippen MR) is 110 cm³/mol. The Hall–Kier alpha value is -2.60. The summed E-state index contributed by atoms with van der Waals surface area (Å²) in [5.41, 5.74) is 1.96. The number of benzene rings is 2. The maximum absolute atomic E-state index is 13.3. The Kier molecular flexibility index (Phi) is 5.48. The van der Waals surface area contributed by atoms with E-state index in [9.17, 15) is 4.79 Å². The van der Waals surface area contributed by atoms with Crippen molar-refractivity contribution >= 4 is 17.7 Å². The summed E-state index contributed by atoms with van der Waals surface area (Å²) in [6.07, 6.45) is 0. The third-order valence-corrected chi connectivity index (χ3v) is 6.07. The van der Waals surface area contributed by atoms with Gasteiger partial charge in [-0.3, -0.25) is 4.79 Å². The summed E-state index contributed by atoms with van der Waals surface area (Å²) in [4.78, 5) is 20.8. The lowest BCUT2D eigenvalue weighted by atomic mass is 9.89. The highest BCUT2D eigenvalue weighted by atomic mass is 32.2. The number of rotatable bonds is 5. The summed E-state index contributed by atoms with van der Waals surface area (Å²) < 4.78 is 5.49.